The van der Waals surface area contributed by atoms with Gasteiger partial charge >= 0.3 is 0 Å². The Morgan fingerprint density at radius 1 is 0.905 bits per heavy atom. The molecule has 0 aliphatic heterocycles. The fourth-order valence-corrected chi connectivity index (χ4v) is 3.76. The van der Waals surface area contributed by atoms with Crippen LogP contribution in [0.5, 0.6) is 0 Å². The third-order valence-corrected chi connectivity index (χ3v) is 5.54. The second-order valence-corrected chi connectivity index (χ2v) is 7.68. The van der Waals surface area contributed by atoms with E-state index >= 15 is 0 Å². The zero-order valence-electron chi connectivity index (χ0n) is 13.4. The van der Waals surface area contributed by atoms with Gasteiger partial charge < -0.3 is 5.73 Å². The van der Waals surface area contributed by atoms with E-state index in [0.717, 1.165) is 13.0 Å². The van der Waals surface area contributed by atoms with Gasteiger partial charge in [-0.15, -0.1) is 0 Å². The van der Waals surface area contributed by atoms with Gasteiger partial charge in [0.15, 0.2) is 0 Å². The predicted molar refractivity (Wildman–Crippen MR) is 91.4 cm³/mol. The summed E-state index contributed by atoms with van der Waals surface area (Å²) in [5, 5.41) is 2.75. The third-order valence-electron chi connectivity index (χ3n) is 5.54. The van der Waals surface area contributed by atoms with Gasteiger partial charge in [-0.2, -0.15) is 0 Å². The van der Waals surface area contributed by atoms with Crippen LogP contribution in [-0.2, 0) is 6.42 Å². The van der Waals surface area contributed by atoms with Crippen LogP contribution < -0.4 is 5.73 Å². The Morgan fingerprint density at radius 2 is 1.57 bits per heavy atom. The maximum Gasteiger partial charge on any atom is -0.00173 e. The second kappa shape index (κ2) is 5.46. The molecule has 0 heterocycles. The molecule has 1 fully saturated rings. The molecule has 2 aromatic rings. The van der Waals surface area contributed by atoms with Crippen molar-refractivity contribution >= 4 is 10.8 Å². The highest BCUT2D eigenvalue weighted by molar-refractivity contribution is 5.85. The molecule has 0 atom stereocenters. The van der Waals surface area contributed by atoms with Crippen LogP contribution >= 0.6 is 0 Å². The smallest absolute Gasteiger partial charge is 0.00173 e. The Kier molecular flexibility index (Phi) is 3.79. The van der Waals surface area contributed by atoms with E-state index in [0.29, 0.717) is 10.8 Å². The molecule has 112 valence electrons. The Bertz CT molecular complexity index is 611. The lowest BCUT2D eigenvalue weighted by Crippen LogP contribution is -2.39. The molecular weight excluding hydrogens is 254 g/mol. The van der Waals surface area contributed by atoms with Crippen LogP contribution in [-0.4, -0.2) is 6.54 Å². The van der Waals surface area contributed by atoms with Crippen LogP contribution in [0.2, 0.25) is 0 Å². The maximum atomic E-state index is 6.22. The fraction of sp³-hybridized carbons (Fsp3) is 0.500. The molecule has 2 aromatic carbocycles. The molecular formula is C20H27N. The number of nitrogens with two attached hydrogens (primary N) is 1. The molecule has 0 spiro atoms. The minimum absolute atomic E-state index is 0.305. The van der Waals surface area contributed by atoms with Gasteiger partial charge in [0.1, 0.15) is 0 Å². The zero-order chi connectivity index (χ0) is 14.9. The number of rotatable bonds is 3. The van der Waals surface area contributed by atoms with Crippen molar-refractivity contribution in [3.8, 4) is 0 Å². The first-order chi connectivity index (χ1) is 10.0. The van der Waals surface area contributed by atoms with Gasteiger partial charge in [-0.3, -0.25) is 0 Å². The molecule has 0 bridgehead atoms. The SMILES string of the molecule is CC1(C)CCC(CN)(Cc2cccc3ccccc23)CC1. The Morgan fingerprint density at radius 3 is 2.29 bits per heavy atom. The van der Waals surface area contributed by atoms with Crippen molar-refractivity contribution in [1.82, 2.24) is 0 Å². The molecule has 0 saturated heterocycles. The summed E-state index contributed by atoms with van der Waals surface area (Å²) in [7, 11) is 0. The molecule has 1 heteroatoms. The van der Waals surface area contributed by atoms with Gasteiger partial charge in [-0.25, -0.2) is 0 Å². The summed E-state index contributed by atoms with van der Waals surface area (Å²) in [5.41, 5.74) is 8.49. The largest absolute Gasteiger partial charge is 0.330 e. The monoisotopic (exact) mass is 281 g/mol. The number of hydrogen-bond acceptors (Lipinski definition) is 1. The molecule has 0 unspecified atom stereocenters. The summed E-state index contributed by atoms with van der Waals surface area (Å²) < 4.78 is 0. The van der Waals surface area contributed by atoms with E-state index in [4.69, 9.17) is 5.73 Å². The average Bonchev–Trinajstić information content (AvgIpc) is 2.50. The highest BCUT2D eigenvalue weighted by atomic mass is 14.6. The predicted octanol–water partition coefficient (Wildman–Crippen LogP) is 4.93. The second-order valence-electron chi connectivity index (χ2n) is 7.68. The number of hydrogen-bond donors (Lipinski definition) is 1. The average molecular weight is 281 g/mol. The van der Waals surface area contributed by atoms with Crippen LogP contribution in [0.25, 0.3) is 10.8 Å². The van der Waals surface area contributed by atoms with E-state index in [1.807, 2.05) is 0 Å². The first-order valence-electron chi connectivity index (χ1n) is 8.20. The highest BCUT2D eigenvalue weighted by Gasteiger charge is 2.37. The van der Waals surface area contributed by atoms with Gasteiger partial charge in [0, 0.05) is 0 Å². The summed E-state index contributed by atoms with van der Waals surface area (Å²) in [6.45, 7) is 5.60. The highest BCUT2D eigenvalue weighted by Crippen LogP contribution is 2.46. The van der Waals surface area contributed by atoms with Crippen molar-refractivity contribution in [2.75, 3.05) is 6.54 Å². The molecule has 1 aliphatic rings. The summed E-state index contributed by atoms with van der Waals surface area (Å²) in [5.74, 6) is 0. The van der Waals surface area contributed by atoms with Crippen molar-refractivity contribution in [2.45, 2.75) is 46.0 Å². The molecule has 0 amide bonds. The van der Waals surface area contributed by atoms with Crippen molar-refractivity contribution in [3.05, 3.63) is 48.0 Å². The molecule has 3 rings (SSSR count). The van der Waals surface area contributed by atoms with Crippen LogP contribution in [0.4, 0.5) is 0 Å². The molecule has 21 heavy (non-hydrogen) atoms. The lowest BCUT2D eigenvalue weighted by atomic mass is 9.63. The first-order valence-corrected chi connectivity index (χ1v) is 8.20. The molecule has 1 aliphatic carbocycles. The van der Waals surface area contributed by atoms with E-state index in [1.165, 1.54) is 42.0 Å². The molecule has 1 saturated carbocycles. The molecule has 0 radical (unpaired) electrons. The van der Waals surface area contributed by atoms with E-state index in [-0.39, 0.29) is 0 Å². The lowest BCUT2D eigenvalue weighted by Gasteiger charge is -2.43. The minimum atomic E-state index is 0.305. The molecule has 1 nitrogen and oxygen atoms in total. The van der Waals surface area contributed by atoms with Crippen LogP contribution in [0.3, 0.4) is 0 Å². The normalized spacial score (nSPS) is 20.5. The van der Waals surface area contributed by atoms with Crippen molar-refractivity contribution < 1.29 is 0 Å². The molecule has 0 aromatic heterocycles. The summed E-state index contributed by atoms with van der Waals surface area (Å²) in [6.07, 6.45) is 6.25. The van der Waals surface area contributed by atoms with E-state index in [9.17, 15) is 0 Å². The molecule has 2 N–H and O–H groups in total. The Balaban J connectivity index is 1.90. The van der Waals surface area contributed by atoms with Gasteiger partial charge in [0.05, 0.1) is 0 Å². The standard InChI is InChI=1S/C20H27N/c1-19(2)10-12-20(15-21,13-11-19)14-17-8-5-7-16-6-3-4-9-18(16)17/h3-9H,10-15,21H2,1-2H3. The van der Waals surface area contributed by atoms with Crippen LogP contribution in [0.15, 0.2) is 42.5 Å². The van der Waals surface area contributed by atoms with Gasteiger partial charge in [0.25, 0.3) is 0 Å². The quantitative estimate of drug-likeness (QED) is 0.848. The van der Waals surface area contributed by atoms with E-state index in [2.05, 4.69) is 56.3 Å². The van der Waals surface area contributed by atoms with Crippen molar-refractivity contribution in [1.29, 1.82) is 0 Å². The summed E-state index contributed by atoms with van der Waals surface area (Å²) in [6, 6.07) is 15.4. The number of fused-ring (bicyclic) bond motifs is 1. The topological polar surface area (TPSA) is 26.0 Å². The minimum Gasteiger partial charge on any atom is -0.330 e. The Labute approximate surface area is 128 Å². The van der Waals surface area contributed by atoms with Gasteiger partial charge in [-0.05, 0) is 65.8 Å². The lowest BCUT2D eigenvalue weighted by molar-refractivity contribution is 0.108. The number of benzene rings is 2. The van der Waals surface area contributed by atoms with Crippen molar-refractivity contribution in [3.63, 3.8) is 0 Å². The fourth-order valence-electron chi connectivity index (χ4n) is 3.76. The summed E-state index contributed by atoms with van der Waals surface area (Å²) >= 11 is 0. The van der Waals surface area contributed by atoms with E-state index < -0.39 is 0 Å². The van der Waals surface area contributed by atoms with Crippen LogP contribution in [0, 0.1) is 10.8 Å². The van der Waals surface area contributed by atoms with Gasteiger partial charge in [-0.1, -0.05) is 56.3 Å². The Hall–Kier alpha value is -1.34. The third kappa shape index (κ3) is 2.98. The summed E-state index contributed by atoms with van der Waals surface area (Å²) in [4.78, 5) is 0. The van der Waals surface area contributed by atoms with Gasteiger partial charge in [0.2, 0.25) is 0 Å². The first kappa shape index (κ1) is 14.6. The van der Waals surface area contributed by atoms with E-state index in [1.54, 1.807) is 0 Å². The maximum absolute atomic E-state index is 6.22. The van der Waals surface area contributed by atoms with Crippen LogP contribution in [0.1, 0.15) is 45.1 Å². The zero-order valence-corrected chi connectivity index (χ0v) is 13.4. The van der Waals surface area contributed by atoms with Crippen molar-refractivity contribution in [2.24, 2.45) is 16.6 Å².